The topological polar surface area (TPSA) is 98.6 Å². The zero-order valence-corrected chi connectivity index (χ0v) is 17.0. The Kier molecular flexibility index (Phi) is 5.67. The van der Waals surface area contributed by atoms with Crippen molar-refractivity contribution in [1.82, 2.24) is 24.5 Å². The Morgan fingerprint density at radius 2 is 1.89 bits per heavy atom. The Bertz CT molecular complexity index is 970. The molecule has 0 unspecified atom stereocenters. The van der Waals surface area contributed by atoms with E-state index in [-0.39, 0.29) is 5.41 Å². The van der Waals surface area contributed by atoms with Gasteiger partial charge < -0.3 is 15.4 Å². The molecule has 1 fully saturated rings. The van der Waals surface area contributed by atoms with E-state index in [1.165, 1.54) is 30.1 Å². The molecule has 3 heterocycles. The van der Waals surface area contributed by atoms with Gasteiger partial charge in [-0.15, -0.1) is 0 Å². The summed E-state index contributed by atoms with van der Waals surface area (Å²) in [5.41, 5.74) is 6.97. The fourth-order valence-electron chi connectivity index (χ4n) is 3.31. The van der Waals surface area contributed by atoms with Crippen LogP contribution in [-0.2, 0) is 4.79 Å². The summed E-state index contributed by atoms with van der Waals surface area (Å²) in [5, 5.41) is 4.87. The maximum Gasteiger partial charge on any atom is 0.227 e. The minimum atomic E-state index is -0.197. The molecule has 2 N–H and O–H groups in total. The van der Waals surface area contributed by atoms with Gasteiger partial charge in [-0.3, -0.25) is 4.79 Å². The molecule has 3 aromatic rings. The van der Waals surface area contributed by atoms with Gasteiger partial charge in [-0.1, -0.05) is 26.8 Å². The van der Waals surface area contributed by atoms with Crippen molar-refractivity contribution >= 4 is 28.4 Å². The van der Waals surface area contributed by atoms with E-state index in [2.05, 4.69) is 15.1 Å². The third kappa shape index (κ3) is 4.00. The molecule has 1 aliphatic heterocycles. The van der Waals surface area contributed by atoms with Gasteiger partial charge in [-0.2, -0.15) is 9.61 Å². The number of likely N-dealkylation sites (tertiary alicyclic amines) is 1. The summed E-state index contributed by atoms with van der Waals surface area (Å²) < 4.78 is 6.73. The second kappa shape index (κ2) is 8.00. The van der Waals surface area contributed by atoms with E-state index in [1.54, 1.807) is 7.11 Å². The van der Waals surface area contributed by atoms with E-state index in [0.717, 1.165) is 18.5 Å². The Labute approximate surface area is 164 Å². The Morgan fingerprint density at radius 3 is 2.54 bits per heavy atom. The van der Waals surface area contributed by atoms with Crippen molar-refractivity contribution < 1.29 is 9.53 Å². The smallest absolute Gasteiger partial charge is 0.227 e. The number of piperidine rings is 1. The molecule has 8 heteroatoms. The van der Waals surface area contributed by atoms with E-state index >= 15 is 0 Å². The van der Waals surface area contributed by atoms with Crippen LogP contribution in [0.4, 0.5) is 5.95 Å². The second-order valence-electron chi connectivity index (χ2n) is 7.92. The summed E-state index contributed by atoms with van der Waals surface area (Å²) in [6, 6.07) is 5.63. The fraction of sp³-hybridized carbons (Fsp3) is 0.500. The van der Waals surface area contributed by atoms with E-state index < -0.39 is 0 Å². The number of benzene rings is 1. The lowest BCUT2D eigenvalue weighted by Gasteiger charge is -2.32. The predicted molar refractivity (Wildman–Crippen MR) is 109 cm³/mol. The number of hydrogen-bond donors (Lipinski definition) is 1. The number of nitrogens with two attached hydrogens (primary N) is 1. The average Bonchev–Trinajstić information content (AvgIpc) is 3.18. The Balaban J connectivity index is 0.000000169. The molecule has 1 saturated heterocycles. The van der Waals surface area contributed by atoms with Crippen LogP contribution in [0.25, 0.3) is 16.6 Å². The summed E-state index contributed by atoms with van der Waals surface area (Å²) in [5.74, 6) is 1.28. The van der Waals surface area contributed by atoms with Crippen molar-refractivity contribution in [2.45, 2.75) is 40.0 Å². The normalized spacial score (nSPS) is 14.6. The molecule has 0 atom stereocenters. The van der Waals surface area contributed by atoms with Gasteiger partial charge in [0.05, 0.1) is 7.11 Å². The molecule has 0 saturated carbocycles. The first-order valence-electron chi connectivity index (χ1n) is 9.54. The Morgan fingerprint density at radius 1 is 1.18 bits per heavy atom. The van der Waals surface area contributed by atoms with E-state index in [1.807, 2.05) is 43.9 Å². The molecule has 1 aliphatic rings. The predicted octanol–water partition coefficient (Wildman–Crippen LogP) is 2.91. The minimum Gasteiger partial charge on any atom is -0.494 e. The first kappa shape index (κ1) is 19.9. The van der Waals surface area contributed by atoms with Crippen LogP contribution in [0.3, 0.4) is 0 Å². The lowest BCUT2D eigenvalue weighted by molar-refractivity contribution is -0.140. The highest BCUT2D eigenvalue weighted by atomic mass is 16.5. The molecule has 0 bridgehead atoms. The average molecular weight is 384 g/mol. The lowest BCUT2D eigenvalue weighted by atomic mass is 9.93. The van der Waals surface area contributed by atoms with Crippen LogP contribution in [0.1, 0.15) is 40.0 Å². The van der Waals surface area contributed by atoms with Crippen LogP contribution in [0.2, 0.25) is 0 Å². The van der Waals surface area contributed by atoms with Crippen molar-refractivity contribution in [3.05, 3.63) is 24.5 Å². The molecule has 28 heavy (non-hydrogen) atoms. The van der Waals surface area contributed by atoms with Gasteiger partial charge in [0.15, 0.2) is 5.65 Å². The highest BCUT2D eigenvalue weighted by Gasteiger charge is 2.27. The van der Waals surface area contributed by atoms with E-state index in [0.29, 0.717) is 28.8 Å². The van der Waals surface area contributed by atoms with Gasteiger partial charge in [-0.25, -0.2) is 9.97 Å². The molecule has 0 spiro atoms. The number of anilines is 1. The molecule has 1 aromatic carbocycles. The van der Waals surface area contributed by atoms with Crippen molar-refractivity contribution in [3.63, 3.8) is 0 Å². The lowest BCUT2D eigenvalue weighted by Crippen LogP contribution is -2.42. The maximum absolute atomic E-state index is 11.7. The number of rotatable bonds is 1. The number of nitrogen functional groups attached to an aromatic ring is 1. The van der Waals surface area contributed by atoms with Crippen LogP contribution in [0.15, 0.2) is 24.5 Å². The number of nitrogens with zero attached hydrogens (tertiary/aromatic N) is 5. The SMILES string of the molecule is CC(C)(C)C(=O)N1CCCCC1.COc1cccc2c1nc(N)n1ncnc21. The molecule has 4 rings (SSSR count). The fourth-order valence-corrected chi connectivity index (χ4v) is 3.31. The molecule has 1 amide bonds. The number of fused-ring (bicyclic) bond motifs is 3. The number of para-hydroxylation sites is 1. The van der Waals surface area contributed by atoms with Crippen LogP contribution in [0, 0.1) is 5.41 Å². The summed E-state index contributed by atoms with van der Waals surface area (Å²) in [6.45, 7) is 7.91. The van der Waals surface area contributed by atoms with Gasteiger partial charge in [0.1, 0.15) is 17.6 Å². The summed E-state index contributed by atoms with van der Waals surface area (Å²) in [4.78, 5) is 22.2. The molecule has 150 valence electrons. The Hall–Kier alpha value is -2.90. The van der Waals surface area contributed by atoms with E-state index in [9.17, 15) is 4.79 Å². The highest BCUT2D eigenvalue weighted by molar-refractivity contribution is 5.95. The maximum atomic E-state index is 11.7. The summed E-state index contributed by atoms with van der Waals surface area (Å²) in [7, 11) is 1.60. The van der Waals surface area contributed by atoms with Gasteiger partial charge in [-0.05, 0) is 31.4 Å². The van der Waals surface area contributed by atoms with Gasteiger partial charge >= 0.3 is 0 Å². The third-order valence-electron chi connectivity index (χ3n) is 4.74. The van der Waals surface area contributed by atoms with Crippen molar-refractivity contribution in [2.24, 2.45) is 5.41 Å². The molecule has 2 aromatic heterocycles. The monoisotopic (exact) mass is 384 g/mol. The molecular weight excluding hydrogens is 356 g/mol. The van der Waals surface area contributed by atoms with Crippen LogP contribution >= 0.6 is 0 Å². The number of carbonyl (C=O) groups is 1. The first-order chi connectivity index (χ1) is 13.3. The van der Waals surface area contributed by atoms with Gasteiger partial charge in [0.25, 0.3) is 0 Å². The molecular formula is C20H28N6O2. The van der Waals surface area contributed by atoms with Gasteiger partial charge in [0.2, 0.25) is 11.9 Å². The van der Waals surface area contributed by atoms with Crippen molar-refractivity contribution in [2.75, 3.05) is 25.9 Å². The molecule has 0 radical (unpaired) electrons. The van der Waals surface area contributed by atoms with Crippen LogP contribution in [0.5, 0.6) is 5.75 Å². The van der Waals surface area contributed by atoms with Crippen LogP contribution in [-0.4, -0.2) is 50.6 Å². The quantitative estimate of drug-likeness (QED) is 0.693. The van der Waals surface area contributed by atoms with Crippen molar-refractivity contribution in [1.29, 1.82) is 0 Å². The molecule has 0 aliphatic carbocycles. The number of hydrogen-bond acceptors (Lipinski definition) is 6. The summed E-state index contributed by atoms with van der Waals surface area (Å²) >= 11 is 0. The van der Waals surface area contributed by atoms with Crippen LogP contribution < -0.4 is 10.5 Å². The number of methoxy groups -OCH3 is 1. The highest BCUT2D eigenvalue weighted by Crippen LogP contribution is 2.26. The standard InChI is InChI=1S/C10H9N5O.C10H19NO/c1-16-7-4-2-3-6-8(7)14-10(11)15-9(6)12-5-13-15;1-10(2,3)9(12)11-7-5-4-6-8-11/h2-5H,1H3,(H2,11,14);4-8H2,1-3H3. The first-order valence-corrected chi connectivity index (χ1v) is 9.54. The van der Waals surface area contributed by atoms with Gasteiger partial charge in [0, 0.05) is 23.9 Å². The third-order valence-corrected chi connectivity index (χ3v) is 4.74. The van der Waals surface area contributed by atoms with E-state index in [4.69, 9.17) is 10.5 Å². The zero-order valence-electron chi connectivity index (χ0n) is 17.0. The largest absolute Gasteiger partial charge is 0.494 e. The number of amides is 1. The number of aromatic nitrogens is 4. The summed E-state index contributed by atoms with van der Waals surface area (Å²) in [6.07, 6.45) is 5.10. The number of carbonyl (C=O) groups excluding carboxylic acids is 1. The second-order valence-corrected chi connectivity index (χ2v) is 7.92. The molecule has 8 nitrogen and oxygen atoms in total. The minimum absolute atomic E-state index is 0.197. The zero-order chi connectivity index (χ0) is 20.3. The van der Waals surface area contributed by atoms with Crippen molar-refractivity contribution in [3.8, 4) is 5.75 Å². The number of ether oxygens (including phenoxy) is 1.